The minimum absolute atomic E-state index is 0.0593. The molecule has 0 radical (unpaired) electrons. The van der Waals surface area contributed by atoms with Crippen molar-refractivity contribution in [1.29, 1.82) is 0 Å². The van der Waals surface area contributed by atoms with E-state index in [1.54, 1.807) is 18.2 Å². The molecule has 0 bridgehead atoms. The van der Waals surface area contributed by atoms with E-state index in [4.69, 9.17) is 0 Å². The SMILES string of the molecule is O=C(NCCCc1ccc(O)cc1)c1ccccc1SCC(=O)N1CCc2ccccc21. The molecule has 164 valence electrons. The number of benzene rings is 3. The smallest absolute Gasteiger partial charge is 0.252 e. The van der Waals surface area contributed by atoms with Crippen LogP contribution in [0.15, 0.2) is 77.7 Å². The van der Waals surface area contributed by atoms with Crippen LogP contribution in [-0.4, -0.2) is 35.8 Å². The Hall–Kier alpha value is -3.25. The normalized spacial score (nSPS) is 12.4. The molecular weight excluding hydrogens is 420 g/mol. The van der Waals surface area contributed by atoms with Gasteiger partial charge in [-0.1, -0.05) is 42.5 Å². The number of phenols is 1. The van der Waals surface area contributed by atoms with Crippen LogP contribution in [0.4, 0.5) is 5.69 Å². The summed E-state index contributed by atoms with van der Waals surface area (Å²) in [4.78, 5) is 28.2. The van der Waals surface area contributed by atoms with Gasteiger partial charge in [0.15, 0.2) is 0 Å². The summed E-state index contributed by atoms with van der Waals surface area (Å²) in [5.74, 6) is 0.477. The van der Waals surface area contributed by atoms with Crippen molar-refractivity contribution < 1.29 is 14.7 Å². The number of para-hydroxylation sites is 1. The second-order valence-corrected chi connectivity index (χ2v) is 8.75. The molecule has 1 aliphatic rings. The van der Waals surface area contributed by atoms with E-state index in [-0.39, 0.29) is 17.6 Å². The lowest BCUT2D eigenvalue weighted by atomic mass is 10.1. The number of fused-ring (bicyclic) bond motifs is 1. The Morgan fingerprint density at radius 3 is 2.56 bits per heavy atom. The number of hydrogen-bond donors (Lipinski definition) is 2. The highest BCUT2D eigenvalue weighted by atomic mass is 32.2. The Balaban J connectivity index is 1.30. The van der Waals surface area contributed by atoms with Crippen molar-refractivity contribution in [2.75, 3.05) is 23.7 Å². The van der Waals surface area contributed by atoms with Gasteiger partial charge >= 0.3 is 0 Å². The second-order valence-electron chi connectivity index (χ2n) is 7.73. The van der Waals surface area contributed by atoms with Crippen LogP contribution < -0.4 is 10.2 Å². The summed E-state index contributed by atoms with van der Waals surface area (Å²) in [5.41, 5.74) is 3.92. The first-order valence-electron chi connectivity index (χ1n) is 10.8. The van der Waals surface area contributed by atoms with E-state index >= 15 is 0 Å². The summed E-state index contributed by atoms with van der Waals surface area (Å²) in [6.07, 6.45) is 2.51. The molecule has 3 aromatic rings. The van der Waals surface area contributed by atoms with Gasteiger partial charge in [0.1, 0.15) is 5.75 Å². The Morgan fingerprint density at radius 1 is 0.969 bits per heavy atom. The Labute approximate surface area is 192 Å². The van der Waals surface area contributed by atoms with E-state index in [0.29, 0.717) is 24.4 Å². The molecule has 0 spiro atoms. The number of thioether (sulfide) groups is 1. The van der Waals surface area contributed by atoms with Gasteiger partial charge in [-0.15, -0.1) is 11.8 Å². The van der Waals surface area contributed by atoms with Crippen LogP contribution in [0.1, 0.15) is 27.9 Å². The minimum atomic E-state index is -0.127. The van der Waals surface area contributed by atoms with Gasteiger partial charge in [0.05, 0.1) is 11.3 Å². The van der Waals surface area contributed by atoms with Crippen molar-refractivity contribution >= 4 is 29.3 Å². The summed E-state index contributed by atoms with van der Waals surface area (Å²) in [6.45, 7) is 1.27. The van der Waals surface area contributed by atoms with Crippen LogP contribution in [0.2, 0.25) is 0 Å². The molecule has 2 N–H and O–H groups in total. The third kappa shape index (κ3) is 5.32. The molecule has 3 aromatic carbocycles. The van der Waals surface area contributed by atoms with Gasteiger partial charge in [0.2, 0.25) is 5.91 Å². The number of nitrogens with zero attached hydrogens (tertiary/aromatic N) is 1. The van der Waals surface area contributed by atoms with Crippen LogP contribution in [0, 0.1) is 0 Å². The van der Waals surface area contributed by atoms with Gasteiger partial charge in [-0.25, -0.2) is 0 Å². The van der Waals surface area contributed by atoms with Crippen molar-refractivity contribution in [2.24, 2.45) is 0 Å². The highest BCUT2D eigenvalue weighted by Crippen LogP contribution is 2.29. The maximum atomic E-state index is 12.8. The standard InChI is InChI=1S/C26H26N2O3S/c29-21-13-11-19(12-14-21)6-5-16-27-26(31)22-8-2-4-10-24(22)32-18-25(30)28-17-15-20-7-1-3-9-23(20)28/h1-4,7-14,29H,5-6,15-18H2,(H,27,31). The lowest BCUT2D eigenvalue weighted by Crippen LogP contribution is -2.30. The molecular formula is C26H26N2O3S. The number of anilines is 1. The van der Waals surface area contributed by atoms with Crippen LogP contribution in [0.25, 0.3) is 0 Å². The van der Waals surface area contributed by atoms with Crippen LogP contribution in [0.3, 0.4) is 0 Å². The van der Waals surface area contributed by atoms with E-state index < -0.39 is 0 Å². The number of aromatic hydroxyl groups is 1. The molecule has 0 atom stereocenters. The fraction of sp³-hybridized carbons (Fsp3) is 0.231. The third-order valence-electron chi connectivity index (χ3n) is 5.54. The topological polar surface area (TPSA) is 69.6 Å². The van der Waals surface area contributed by atoms with Crippen molar-refractivity contribution in [3.8, 4) is 5.75 Å². The number of carbonyl (C=O) groups excluding carboxylic acids is 2. The predicted molar refractivity (Wildman–Crippen MR) is 128 cm³/mol. The molecule has 4 rings (SSSR count). The van der Waals surface area contributed by atoms with Gasteiger partial charge in [0, 0.05) is 23.7 Å². The number of carbonyl (C=O) groups is 2. The monoisotopic (exact) mass is 446 g/mol. The van der Waals surface area contributed by atoms with Crippen molar-refractivity contribution in [3.63, 3.8) is 0 Å². The molecule has 1 heterocycles. The van der Waals surface area contributed by atoms with Crippen LogP contribution >= 0.6 is 11.8 Å². The first-order valence-corrected chi connectivity index (χ1v) is 11.8. The minimum Gasteiger partial charge on any atom is -0.508 e. The fourth-order valence-electron chi connectivity index (χ4n) is 3.85. The molecule has 0 saturated heterocycles. The third-order valence-corrected chi connectivity index (χ3v) is 6.59. The first kappa shape index (κ1) is 22.0. The number of amides is 2. The fourth-order valence-corrected chi connectivity index (χ4v) is 4.77. The molecule has 0 aliphatic carbocycles. The Bertz CT molecular complexity index is 1100. The zero-order valence-corrected chi connectivity index (χ0v) is 18.6. The largest absolute Gasteiger partial charge is 0.508 e. The van der Waals surface area contributed by atoms with Crippen molar-refractivity contribution in [2.45, 2.75) is 24.2 Å². The molecule has 0 aromatic heterocycles. The number of hydrogen-bond acceptors (Lipinski definition) is 4. The summed E-state index contributed by atoms with van der Waals surface area (Å²) in [6, 6.07) is 22.5. The quantitative estimate of drug-likeness (QED) is 0.397. The molecule has 1 aliphatic heterocycles. The molecule has 0 unspecified atom stereocenters. The summed E-state index contributed by atoms with van der Waals surface area (Å²) >= 11 is 1.41. The first-order chi connectivity index (χ1) is 15.6. The molecule has 32 heavy (non-hydrogen) atoms. The van der Waals surface area contributed by atoms with E-state index in [0.717, 1.165) is 35.4 Å². The number of rotatable bonds is 8. The molecule has 5 nitrogen and oxygen atoms in total. The lowest BCUT2D eigenvalue weighted by Gasteiger charge is -2.17. The summed E-state index contributed by atoms with van der Waals surface area (Å²) < 4.78 is 0. The highest BCUT2D eigenvalue weighted by Gasteiger charge is 2.24. The second kappa shape index (κ2) is 10.4. The molecule has 2 amide bonds. The summed E-state index contributed by atoms with van der Waals surface area (Å²) in [5, 5.41) is 12.3. The average Bonchev–Trinajstić information content (AvgIpc) is 3.26. The zero-order chi connectivity index (χ0) is 22.3. The van der Waals surface area contributed by atoms with Gasteiger partial charge in [-0.2, -0.15) is 0 Å². The molecule has 0 fully saturated rings. The lowest BCUT2D eigenvalue weighted by molar-refractivity contribution is -0.116. The zero-order valence-electron chi connectivity index (χ0n) is 17.8. The summed E-state index contributed by atoms with van der Waals surface area (Å²) in [7, 11) is 0. The van der Waals surface area contributed by atoms with E-state index in [1.165, 1.54) is 17.3 Å². The predicted octanol–water partition coefficient (Wildman–Crippen LogP) is 4.44. The number of phenolic OH excluding ortho intramolecular Hbond substituents is 1. The van der Waals surface area contributed by atoms with Gasteiger partial charge in [-0.3, -0.25) is 9.59 Å². The van der Waals surface area contributed by atoms with Crippen molar-refractivity contribution in [3.05, 3.63) is 89.5 Å². The highest BCUT2D eigenvalue weighted by molar-refractivity contribution is 8.00. The Morgan fingerprint density at radius 2 is 1.72 bits per heavy atom. The van der Waals surface area contributed by atoms with E-state index in [2.05, 4.69) is 11.4 Å². The van der Waals surface area contributed by atoms with E-state index in [9.17, 15) is 14.7 Å². The maximum absolute atomic E-state index is 12.8. The van der Waals surface area contributed by atoms with Gasteiger partial charge in [-0.05, 0) is 60.7 Å². The number of nitrogens with one attached hydrogen (secondary N) is 1. The number of aryl methyl sites for hydroxylation is 1. The Kier molecular flexibility index (Phi) is 7.12. The molecule has 0 saturated carbocycles. The van der Waals surface area contributed by atoms with E-state index in [1.807, 2.05) is 53.4 Å². The van der Waals surface area contributed by atoms with Crippen molar-refractivity contribution in [1.82, 2.24) is 5.32 Å². The molecule has 6 heteroatoms. The van der Waals surface area contributed by atoms with Gasteiger partial charge < -0.3 is 15.3 Å². The van der Waals surface area contributed by atoms with Crippen LogP contribution in [0.5, 0.6) is 5.75 Å². The maximum Gasteiger partial charge on any atom is 0.252 e. The van der Waals surface area contributed by atoms with Gasteiger partial charge in [0.25, 0.3) is 5.91 Å². The average molecular weight is 447 g/mol. The van der Waals surface area contributed by atoms with Crippen LogP contribution in [-0.2, 0) is 17.6 Å².